The van der Waals surface area contributed by atoms with E-state index in [4.69, 9.17) is 15.0 Å². The average molecular weight is 226 g/mol. The van der Waals surface area contributed by atoms with Crippen LogP contribution in [0.4, 0.5) is 5.95 Å². The Bertz CT molecular complexity index is 318. The molecular weight excluding hydrogens is 208 g/mol. The molecule has 1 aliphatic rings. The molecule has 1 aliphatic heterocycles. The van der Waals surface area contributed by atoms with Gasteiger partial charge in [0.1, 0.15) is 0 Å². The van der Waals surface area contributed by atoms with Crippen LogP contribution in [0, 0.1) is 0 Å². The van der Waals surface area contributed by atoms with E-state index in [-0.39, 0.29) is 5.92 Å². The normalized spacial score (nSPS) is 18.8. The van der Waals surface area contributed by atoms with E-state index in [1.807, 2.05) is 0 Å². The van der Waals surface area contributed by atoms with Crippen LogP contribution < -0.4 is 10.6 Å². The van der Waals surface area contributed by atoms with Crippen molar-refractivity contribution in [3.63, 3.8) is 0 Å². The van der Waals surface area contributed by atoms with Crippen LogP contribution in [-0.4, -0.2) is 43.0 Å². The molecule has 1 saturated heterocycles. The number of anilines is 1. The highest BCUT2D eigenvalue weighted by Gasteiger charge is 2.20. The topological polar surface area (TPSA) is 77.4 Å². The van der Waals surface area contributed by atoms with Gasteiger partial charge in [-0.15, -0.1) is 0 Å². The smallest absolute Gasteiger partial charge is 0.266 e. The fraction of sp³-hybridized carbons (Fsp3) is 0.800. The van der Waals surface area contributed by atoms with E-state index in [2.05, 4.69) is 22.0 Å². The van der Waals surface area contributed by atoms with E-state index < -0.39 is 0 Å². The van der Waals surface area contributed by atoms with Gasteiger partial charge in [-0.2, -0.15) is 4.98 Å². The van der Waals surface area contributed by atoms with E-state index in [1.165, 1.54) is 0 Å². The van der Waals surface area contributed by atoms with Crippen molar-refractivity contribution in [1.82, 2.24) is 10.1 Å². The minimum Gasteiger partial charge on any atom is -0.378 e. The molecule has 0 aromatic carbocycles. The molecule has 2 rings (SSSR count). The van der Waals surface area contributed by atoms with Gasteiger partial charge in [-0.05, 0) is 11.6 Å². The number of aromatic nitrogens is 2. The fourth-order valence-electron chi connectivity index (χ4n) is 1.73. The molecule has 0 amide bonds. The molecule has 6 heteroatoms. The van der Waals surface area contributed by atoms with Gasteiger partial charge in [0.05, 0.1) is 19.1 Å². The van der Waals surface area contributed by atoms with Crippen LogP contribution in [-0.2, 0) is 4.74 Å². The number of morpholine rings is 1. The summed E-state index contributed by atoms with van der Waals surface area (Å²) in [5, 5.41) is 3.99. The number of ether oxygens (including phenoxy) is 1. The van der Waals surface area contributed by atoms with E-state index in [0.717, 1.165) is 32.7 Å². The van der Waals surface area contributed by atoms with Crippen LogP contribution in [0.15, 0.2) is 4.52 Å². The number of nitrogens with zero attached hydrogens (tertiary/aromatic N) is 3. The quantitative estimate of drug-likeness (QED) is 0.798. The van der Waals surface area contributed by atoms with Gasteiger partial charge in [0.15, 0.2) is 0 Å². The lowest BCUT2D eigenvalue weighted by molar-refractivity contribution is 0.121. The molecule has 0 spiro atoms. The maximum absolute atomic E-state index is 5.64. The molecule has 6 nitrogen and oxygen atoms in total. The predicted molar refractivity (Wildman–Crippen MR) is 59.4 cm³/mol. The van der Waals surface area contributed by atoms with Gasteiger partial charge in [-0.1, -0.05) is 6.92 Å². The Balaban J connectivity index is 2.05. The number of nitrogens with two attached hydrogens (primary N) is 1. The van der Waals surface area contributed by atoms with Crippen LogP contribution in [0.3, 0.4) is 0 Å². The number of hydrogen-bond acceptors (Lipinski definition) is 6. The molecule has 1 aromatic heterocycles. The molecule has 2 heterocycles. The van der Waals surface area contributed by atoms with Crippen molar-refractivity contribution in [3.8, 4) is 0 Å². The standard InChI is InChI=1S/C10H18N4O2/c1-2-8(7-11)9-12-10(13-16-9)14-3-5-15-6-4-14/h8H,2-7,11H2,1H3. The van der Waals surface area contributed by atoms with Crippen LogP contribution in [0.1, 0.15) is 25.2 Å². The maximum atomic E-state index is 5.64. The first-order valence-electron chi connectivity index (χ1n) is 5.71. The molecule has 16 heavy (non-hydrogen) atoms. The summed E-state index contributed by atoms with van der Waals surface area (Å²) in [6.45, 7) is 5.68. The van der Waals surface area contributed by atoms with Crippen molar-refractivity contribution >= 4 is 5.95 Å². The van der Waals surface area contributed by atoms with Gasteiger partial charge >= 0.3 is 0 Å². The fourth-order valence-corrected chi connectivity index (χ4v) is 1.73. The molecule has 0 bridgehead atoms. The first kappa shape index (κ1) is 11.3. The predicted octanol–water partition coefficient (Wildman–Crippen LogP) is 0.359. The highest BCUT2D eigenvalue weighted by Crippen LogP contribution is 2.19. The van der Waals surface area contributed by atoms with Crippen LogP contribution in [0.25, 0.3) is 0 Å². The average Bonchev–Trinajstić information content (AvgIpc) is 2.81. The summed E-state index contributed by atoms with van der Waals surface area (Å²) in [7, 11) is 0. The molecule has 2 N–H and O–H groups in total. The van der Waals surface area contributed by atoms with Gasteiger partial charge < -0.3 is 19.9 Å². The molecule has 0 aliphatic carbocycles. The Morgan fingerprint density at radius 2 is 2.19 bits per heavy atom. The first-order chi connectivity index (χ1) is 7.85. The van der Waals surface area contributed by atoms with Crippen LogP contribution in [0.5, 0.6) is 0 Å². The SMILES string of the molecule is CCC(CN)c1nc(N2CCOCC2)no1. The number of hydrogen-bond donors (Lipinski definition) is 1. The summed E-state index contributed by atoms with van der Waals surface area (Å²) in [5.41, 5.74) is 5.64. The third-order valence-corrected chi connectivity index (χ3v) is 2.85. The second-order valence-electron chi connectivity index (χ2n) is 3.87. The lowest BCUT2D eigenvalue weighted by Crippen LogP contribution is -2.36. The second kappa shape index (κ2) is 5.27. The summed E-state index contributed by atoms with van der Waals surface area (Å²) in [4.78, 5) is 6.46. The summed E-state index contributed by atoms with van der Waals surface area (Å²) in [6.07, 6.45) is 0.918. The molecular formula is C10H18N4O2. The zero-order chi connectivity index (χ0) is 11.4. The minimum atomic E-state index is 0.169. The Morgan fingerprint density at radius 3 is 2.81 bits per heavy atom. The maximum Gasteiger partial charge on any atom is 0.266 e. The van der Waals surface area contributed by atoms with E-state index >= 15 is 0 Å². The van der Waals surface area contributed by atoms with E-state index in [1.54, 1.807) is 0 Å². The summed E-state index contributed by atoms with van der Waals surface area (Å²) >= 11 is 0. The first-order valence-corrected chi connectivity index (χ1v) is 5.71. The van der Waals surface area contributed by atoms with Crippen molar-refractivity contribution in [1.29, 1.82) is 0 Å². The van der Waals surface area contributed by atoms with Crippen molar-refractivity contribution in [2.45, 2.75) is 19.3 Å². The largest absolute Gasteiger partial charge is 0.378 e. The van der Waals surface area contributed by atoms with Crippen molar-refractivity contribution in [2.24, 2.45) is 5.73 Å². The zero-order valence-electron chi connectivity index (χ0n) is 9.56. The highest BCUT2D eigenvalue weighted by atomic mass is 16.5. The monoisotopic (exact) mass is 226 g/mol. The molecule has 1 fully saturated rings. The molecule has 0 saturated carbocycles. The lowest BCUT2D eigenvalue weighted by atomic mass is 10.1. The van der Waals surface area contributed by atoms with E-state index in [0.29, 0.717) is 18.4 Å². The summed E-state index contributed by atoms with van der Waals surface area (Å²) in [6, 6.07) is 0. The van der Waals surface area contributed by atoms with Crippen molar-refractivity contribution < 1.29 is 9.26 Å². The number of rotatable bonds is 4. The Morgan fingerprint density at radius 1 is 1.44 bits per heavy atom. The lowest BCUT2D eigenvalue weighted by Gasteiger charge is -2.24. The van der Waals surface area contributed by atoms with Crippen molar-refractivity contribution in [3.05, 3.63) is 5.89 Å². The van der Waals surface area contributed by atoms with Gasteiger partial charge in [0, 0.05) is 19.6 Å². The Hall–Kier alpha value is -1.14. The molecule has 90 valence electrons. The molecule has 0 radical (unpaired) electrons. The minimum absolute atomic E-state index is 0.169. The van der Waals surface area contributed by atoms with Gasteiger partial charge in [0.2, 0.25) is 5.89 Å². The van der Waals surface area contributed by atoms with Gasteiger partial charge in [-0.25, -0.2) is 0 Å². The summed E-state index contributed by atoms with van der Waals surface area (Å²) < 4.78 is 10.5. The van der Waals surface area contributed by atoms with Crippen molar-refractivity contribution in [2.75, 3.05) is 37.7 Å². The van der Waals surface area contributed by atoms with Gasteiger partial charge in [0.25, 0.3) is 5.95 Å². The van der Waals surface area contributed by atoms with E-state index in [9.17, 15) is 0 Å². The third kappa shape index (κ3) is 2.33. The molecule has 1 atom stereocenters. The molecule has 1 aromatic rings. The highest BCUT2D eigenvalue weighted by molar-refractivity contribution is 5.28. The molecule has 1 unspecified atom stereocenters. The summed E-state index contributed by atoms with van der Waals surface area (Å²) in [5.74, 6) is 1.47. The van der Waals surface area contributed by atoms with Crippen LogP contribution >= 0.6 is 0 Å². The Kier molecular flexibility index (Phi) is 3.74. The second-order valence-corrected chi connectivity index (χ2v) is 3.87. The van der Waals surface area contributed by atoms with Crippen LogP contribution in [0.2, 0.25) is 0 Å². The third-order valence-electron chi connectivity index (χ3n) is 2.85. The zero-order valence-corrected chi connectivity index (χ0v) is 9.56. The Labute approximate surface area is 94.7 Å². The van der Waals surface area contributed by atoms with Gasteiger partial charge in [-0.3, -0.25) is 0 Å².